The standard InChI is InChI=1S/C15H21F3N2/c1-4-11-7-12(15(16,17)18)9-14(8-11)20-6-5-13(10-20)19(2)3/h7-9,13H,4-6,10H2,1-3H3. The van der Waals surface area contributed by atoms with Crippen LogP contribution in [0.3, 0.4) is 0 Å². The third-order valence-electron chi connectivity index (χ3n) is 3.97. The number of hydrogen-bond acceptors (Lipinski definition) is 2. The van der Waals surface area contributed by atoms with Crippen molar-refractivity contribution in [3.05, 3.63) is 29.3 Å². The van der Waals surface area contributed by atoms with Gasteiger partial charge in [0.2, 0.25) is 0 Å². The summed E-state index contributed by atoms with van der Waals surface area (Å²) in [6.07, 6.45) is -2.67. The first kappa shape index (κ1) is 15.2. The van der Waals surface area contributed by atoms with Crippen molar-refractivity contribution < 1.29 is 13.2 Å². The van der Waals surface area contributed by atoms with Gasteiger partial charge in [-0.3, -0.25) is 0 Å². The van der Waals surface area contributed by atoms with Gasteiger partial charge >= 0.3 is 6.18 Å². The molecule has 0 aromatic heterocycles. The van der Waals surface area contributed by atoms with Crippen molar-refractivity contribution in [2.24, 2.45) is 0 Å². The quantitative estimate of drug-likeness (QED) is 0.840. The van der Waals surface area contributed by atoms with E-state index >= 15 is 0 Å². The van der Waals surface area contributed by atoms with Crippen LogP contribution in [0.1, 0.15) is 24.5 Å². The number of benzene rings is 1. The van der Waals surface area contributed by atoms with Crippen molar-refractivity contribution >= 4 is 5.69 Å². The van der Waals surface area contributed by atoms with Crippen molar-refractivity contribution in [2.75, 3.05) is 32.1 Å². The van der Waals surface area contributed by atoms with Gasteiger partial charge in [-0.05, 0) is 50.7 Å². The summed E-state index contributed by atoms with van der Waals surface area (Å²) in [4.78, 5) is 4.19. The van der Waals surface area contributed by atoms with Gasteiger partial charge in [0, 0.05) is 24.8 Å². The van der Waals surface area contributed by atoms with E-state index in [1.54, 1.807) is 0 Å². The summed E-state index contributed by atoms with van der Waals surface area (Å²) in [5.74, 6) is 0. The first-order chi connectivity index (χ1) is 9.31. The number of likely N-dealkylation sites (N-methyl/N-ethyl adjacent to an activating group) is 1. The van der Waals surface area contributed by atoms with E-state index in [-0.39, 0.29) is 0 Å². The highest BCUT2D eigenvalue weighted by atomic mass is 19.4. The van der Waals surface area contributed by atoms with Gasteiger partial charge in [0.15, 0.2) is 0 Å². The maximum atomic E-state index is 12.9. The average Bonchev–Trinajstić information content (AvgIpc) is 2.87. The Labute approximate surface area is 118 Å². The van der Waals surface area contributed by atoms with Crippen molar-refractivity contribution in [3.63, 3.8) is 0 Å². The molecule has 5 heteroatoms. The van der Waals surface area contributed by atoms with Crippen molar-refractivity contribution in [2.45, 2.75) is 32.0 Å². The summed E-state index contributed by atoms with van der Waals surface area (Å²) in [5.41, 5.74) is 0.893. The third kappa shape index (κ3) is 3.26. The summed E-state index contributed by atoms with van der Waals surface area (Å²) >= 11 is 0. The fourth-order valence-corrected chi connectivity index (χ4v) is 2.62. The number of alkyl halides is 3. The molecule has 0 saturated carbocycles. The molecule has 1 fully saturated rings. The van der Waals surface area contributed by atoms with Crippen LogP contribution >= 0.6 is 0 Å². The molecule has 1 heterocycles. The zero-order chi connectivity index (χ0) is 14.9. The highest BCUT2D eigenvalue weighted by Gasteiger charge is 2.32. The maximum Gasteiger partial charge on any atom is 0.416 e. The molecule has 0 bridgehead atoms. The van der Waals surface area contributed by atoms with E-state index in [0.717, 1.165) is 25.1 Å². The second kappa shape index (κ2) is 5.64. The molecule has 112 valence electrons. The van der Waals surface area contributed by atoms with Gasteiger partial charge in [0.05, 0.1) is 5.56 Å². The zero-order valence-corrected chi connectivity index (χ0v) is 12.2. The molecule has 1 aliphatic rings. The molecule has 2 nitrogen and oxygen atoms in total. The van der Waals surface area contributed by atoms with E-state index in [9.17, 15) is 13.2 Å². The van der Waals surface area contributed by atoms with Crippen LogP contribution in [-0.4, -0.2) is 38.1 Å². The highest BCUT2D eigenvalue weighted by molar-refractivity contribution is 5.53. The van der Waals surface area contributed by atoms with Gasteiger partial charge in [-0.25, -0.2) is 0 Å². The van der Waals surface area contributed by atoms with E-state index in [4.69, 9.17) is 0 Å². The Balaban J connectivity index is 2.28. The van der Waals surface area contributed by atoms with Crippen LogP contribution in [0.15, 0.2) is 18.2 Å². The van der Waals surface area contributed by atoms with Gasteiger partial charge in [0.25, 0.3) is 0 Å². The Kier molecular flexibility index (Phi) is 4.28. The summed E-state index contributed by atoms with van der Waals surface area (Å²) in [6, 6.07) is 4.82. The second-order valence-corrected chi connectivity index (χ2v) is 5.59. The van der Waals surface area contributed by atoms with E-state index in [1.165, 1.54) is 12.1 Å². The lowest BCUT2D eigenvalue weighted by molar-refractivity contribution is -0.137. The van der Waals surface area contributed by atoms with Crippen LogP contribution in [-0.2, 0) is 12.6 Å². The number of hydrogen-bond donors (Lipinski definition) is 0. The van der Waals surface area contributed by atoms with Crippen molar-refractivity contribution in [1.82, 2.24) is 4.90 Å². The normalized spacial score (nSPS) is 19.9. The molecule has 20 heavy (non-hydrogen) atoms. The number of rotatable bonds is 3. The molecule has 1 unspecified atom stereocenters. The molecule has 2 rings (SSSR count). The predicted molar refractivity (Wildman–Crippen MR) is 75.1 cm³/mol. The molecular weight excluding hydrogens is 265 g/mol. The van der Waals surface area contributed by atoms with E-state index in [1.807, 2.05) is 27.1 Å². The van der Waals surface area contributed by atoms with Gasteiger partial charge < -0.3 is 9.80 Å². The van der Waals surface area contributed by atoms with Crippen LogP contribution in [0.4, 0.5) is 18.9 Å². The van der Waals surface area contributed by atoms with Gasteiger partial charge in [0.1, 0.15) is 0 Å². The fraction of sp³-hybridized carbons (Fsp3) is 0.600. The Bertz CT molecular complexity index is 469. The van der Waals surface area contributed by atoms with Crippen LogP contribution in [0.2, 0.25) is 0 Å². The smallest absolute Gasteiger partial charge is 0.370 e. The molecule has 1 atom stereocenters. The van der Waals surface area contributed by atoms with Gasteiger partial charge in [-0.15, -0.1) is 0 Å². The van der Waals surface area contributed by atoms with Crippen LogP contribution in [0, 0.1) is 0 Å². The van der Waals surface area contributed by atoms with E-state index < -0.39 is 11.7 Å². The second-order valence-electron chi connectivity index (χ2n) is 5.59. The molecule has 0 spiro atoms. The minimum Gasteiger partial charge on any atom is -0.370 e. The SMILES string of the molecule is CCc1cc(N2CCC(N(C)C)C2)cc(C(F)(F)F)c1. The molecule has 1 aromatic carbocycles. The van der Waals surface area contributed by atoms with Crippen LogP contribution in [0.25, 0.3) is 0 Å². The molecule has 0 aliphatic carbocycles. The lowest BCUT2D eigenvalue weighted by Gasteiger charge is -2.23. The lowest BCUT2D eigenvalue weighted by atomic mass is 10.1. The molecule has 0 N–H and O–H groups in total. The molecule has 1 aromatic rings. The van der Waals surface area contributed by atoms with E-state index in [2.05, 4.69) is 9.80 Å². The minimum absolute atomic E-state index is 0.412. The number of nitrogens with zero attached hydrogens (tertiary/aromatic N) is 2. The van der Waals surface area contributed by atoms with Gasteiger partial charge in [-0.2, -0.15) is 13.2 Å². The topological polar surface area (TPSA) is 6.48 Å². The predicted octanol–water partition coefficient (Wildman–Crippen LogP) is 3.41. The lowest BCUT2D eigenvalue weighted by Crippen LogP contribution is -2.31. The molecule has 0 radical (unpaired) electrons. The summed E-state index contributed by atoms with van der Waals surface area (Å²) in [6.45, 7) is 3.48. The maximum absolute atomic E-state index is 12.9. The van der Waals surface area contributed by atoms with Gasteiger partial charge in [-0.1, -0.05) is 6.92 Å². The summed E-state index contributed by atoms with van der Waals surface area (Å²) < 4.78 is 38.8. The average molecular weight is 286 g/mol. The molecule has 1 aliphatic heterocycles. The van der Waals surface area contributed by atoms with Crippen LogP contribution in [0.5, 0.6) is 0 Å². The molecule has 1 saturated heterocycles. The fourth-order valence-electron chi connectivity index (χ4n) is 2.62. The summed E-state index contributed by atoms with van der Waals surface area (Å²) in [5, 5.41) is 0. The zero-order valence-electron chi connectivity index (χ0n) is 12.2. The Morgan fingerprint density at radius 1 is 1.25 bits per heavy atom. The largest absolute Gasteiger partial charge is 0.416 e. The Morgan fingerprint density at radius 2 is 1.95 bits per heavy atom. The molecular formula is C15H21F3N2. The number of halogens is 3. The van der Waals surface area contributed by atoms with Crippen molar-refractivity contribution in [1.29, 1.82) is 0 Å². The number of anilines is 1. The van der Waals surface area contributed by atoms with E-state index in [0.29, 0.717) is 18.2 Å². The Morgan fingerprint density at radius 3 is 2.45 bits per heavy atom. The third-order valence-corrected chi connectivity index (χ3v) is 3.97. The first-order valence-electron chi connectivity index (χ1n) is 6.93. The Hall–Kier alpha value is -1.23. The van der Waals surface area contributed by atoms with Crippen molar-refractivity contribution in [3.8, 4) is 0 Å². The number of aryl methyl sites for hydroxylation is 1. The van der Waals surface area contributed by atoms with Crippen LogP contribution < -0.4 is 4.90 Å². The first-order valence-corrected chi connectivity index (χ1v) is 6.93. The molecule has 0 amide bonds. The monoisotopic (exact) mass is 286 g/mol. The highest BCUT2D eigenvalue weighted by Crippen LogP contribution is 2.34. The minimum atomic E-state index is -4.28. The summed E-state index contributed by atoms with van der Waals surface area (Å²) in [7, 11) is 4.02.